The smallest absolute Gasteiger partial charge is 0.191 e. The summed E-state index contributed by atoms with van der Waals surface area (Å²) in [5.74, 6) is 2.97. The van der Waals surface area contributed by atoms with Gasteiger partial charge in [0.1, 0.15) is 12.4 Å². The van der Waals surface area contributed by atoms with Crippen LogP contribution in [0.5, 0.6) is 5.75 Å². The molecular formula is C19H28IN3OS. The molecule has 0 saturated heterocycles. The number of nitrogens with zero attached hydrogens (tertiary/aromatic N) is 1. The third-order valence-electron chi connectivity index (χ3n) is 3.69. The van der Waals surface area contributed by atoms with Gasteiger partial charge in [-0.05, 0) is 36.3 Å². The Morgan fingerprint density at radius 3 is 2.60 bits per heavy atom. The summed E-state index contributed by atoms with van der Waals surface area (Å²) >= 11 is 1.89. The number of hydrogen-bond acceptors (Lipinski definition) is 3. The standard InChI is InChI=1S/C19H27N3OS.HI/c1-20-19(21-12-5-6-15-24-2)22-13-14-23-18-11-7-9-16-8-3-4-10-17(16)18;/h3-4,7-11H,5-6,12-15H2,1-2H3,(H2,20,21,22);1H. The van der Waals surface area contributed by atoms with Gasteiger partial charge in [0.15, 0.2) is 5.96 Å². The van der Waals surface area contributed by atoms with Crippen LogP contribution in [0.4, 0.5) is 0 Å². The first kappa shape index (κ1) is 21.9. The molecule has 0 atom stereocenters. The van der Waals surface area contributed by atoms with Crippen LogP contribution < -0.4 is 15.4 Å². The Bertz CT molecular complexity index is 646. The van der Waals surface area contributed by atoms with Crippen LogP contribution in [0.15, 0.2) is 47.5 Å². The van der Waals surface area contributed by atoms with Crippen molar-refractivity contribution in [3.05, 3.63) is 42.5 Å². The minimum absolute atomic E-state index is 0. The Balaban J connectivity index is 0.00000312. The molecule has 0 aromatic heterocycles. The molecule has 2 N–H and O–H groups in total. The fourth-order valence-corrected chi connectivity index (χ4v) is 2.94. The lowest BCUT2D eigenvalue weighted by Gasteiger charge is -2.13. The number of ether oxygens (including phenoxy) is 1. The first-order valence-electron chi connectivity index (χ1n) is 8.39. The fourth-order valence-electron chi connectivity index (χ4n) is 2.45. The van der Waals surface area contributed by atoms with Gasteiger partial charge in [-0.1, -0.05) is 36.4 Å². The third-order valence-corrected chi connectivity index (χ3v) is 4.39. The van der Waals surface area contributed by atoms with Crippen LogP contribution in [0.3, 0.4) is 0 Å². The quantitative estimate of drug-likeness (QED) is 0.249. The van der Waals surface area contributed by atoms with Gasteiger partial charge in [0.2, 0.25) is 0 Å². The van der Waals surface area contributed by atoms with E-state index >= 15 is 0 Å². The lowest BCUT2D eigenvalue weighted by atomic mass is 10.1. The van der Waals surface area contributed by atoms with Crippen LogP contribution in [-0.4, -0.2) is 44.7 Å². The third kappa shape index (κ3) is 7.73. The number of halogens is 1. The number of nitrogens with one attached hydrogen (secondary N) is 2. The molecule has 2 rings (SSSR count). The van der Waals surface area contributed by atoms with E-state index in [0.29, 0.717) is 13.2 Å². The van der Waals surface area contributed by atoms with Crippen molar-refractivity contribution in [3.63, 3.8) is 0 Å². The first-order valence-corrected chi connectivity index (χ1v) is 9.78. The topological polar surface area (TPSA) is 45.7 Å². The zero-order valence-corrected chi connectivity index (χ0v) is 18.1. The van der Waals surface area contributed by atoms with Gasteiger partial charge >= 0.3 is 0 Å². The largest absolute Gasteiger partial charge is 0.491 e. The van der Waals surface area contributed by atoms with Gasteiger partial charge in [-0.3, -0.25) is 4.99 Å². The molecule has 138 valence electrons. The van der Waals surface area contributed by atoms with E-state index in [1.165, 1.54) is 17.6 Å². The summed E-state index contributed by atoms with van der Waals surface area (Å²) in [4.78, 5) is 4.23. The van der Waals surface area contributed by atoms with Gasteiger partial charge in [0.05, 0.1) is 6.54 Å². The van der Waals surface area contributed by atoms with Gasteiger partial charge in [-0.25, -0.2) is 0 Å². The Labute approximate surface area is 172 Å². The van der Waals surface area contributed by atoms with Crippen LogP contribution >= 0.6 is 35.7 Å². The first-order chi connectivity index (χ1) is 11.8. The lowest BCUT2D eigenvalue weighted by Crippen LogP contribution is -2.39. The molecule has 6 heteroatoms. The predicted octanol–water partition coefficient (Wildman–Crippen LogP) is 4.14. The van der Waals surface area contributed by atoms with Crippen molar-refractivity contribution < 1.29 is 4.74 Å². The van der Waals surface area contributed by atoms with Crippen molar-refractivity contribution in [1.82, 2.24) is 10.6 Å². The molecule has 0 bridgehead atoms. The van der Waals surface area contributed by atoms with E-state index in [1.807, 2.05) is 36.0 Å². The molecule has 0 aliphatic rings. The van der Waals surface area contributed by atoms with Crippen molar-refractivity contribution in [3.8, 4) is 5.75 Å². The van der Waals surface area contributed by atoms with Crippen LogP contribution in [0.2, 0.25) is 0 Å². The number of guanidine groups is 1. The van der Waals surface area contributed by atoms with Gasteiger partial charge in [0, 0.05) is 19.0 Å². The van der Waals surface area contributed by atoms with Crippen LogP contribution in [-0.2, 0) is 0 Å². The second-order valence-electron chi connectivity index (χ2n) is 5.45. The van der Waals surface area contributed by atoms with Crippen molar-refractivity contribution in [2.75, 3.05) is 38.8 Å². The highest BCUT2D eigenvalue weighted by Crippen LogP contribution is 2.24. The maximum absolute atomic E-state index is 5.92. The summed E-state index contributed by atoms with van der Waals surface area (Å²) in [5.41, 5.74) is 0. The molecule has 0 spiro atoms. The summed E-state index contributed by atoms with van der Waals surface area (Å²) < 4.78 is 5.92. The molecule has 2 aromatic rings. The molecule has 25 heavy (non-hydrogen) atoms. The van der Waals surface area contributed by atoms with E-state index < -0.39 is 0 Å². The Morgan fingerprint density at radius 1 is 1.04 bits per heavy atom. The zero-order valence-electron chi connectivity index (χ0n) is 15.0. The number of benzene rings is 2. The summed E-state index contributed by atoms with van der Waals surface area (Å²) in [7, 11) is 1.79. The molecule has 2 aromatic carbocycles. The number of aliphatic imine (C=N–C) groups is 1. The van der Waals surface area contributed by atoms with Crippen molar-refractivity contribution in [1.29, 1.82) is 0 Å². The normalized spacial score (nSPS) is 11.0. The summed E-state index contributed by atoms with van der Waals surface area (Å²) in [5, 5.41) is 8.97. The predicted molar refractivity (Wildman–Crippen MR) is 122 cm³/mol. The number of rotatable bonds is 9. The molecule has 0 heterocycles. The number of hydrogen-bond donors (Lipinski definition) is 2. The summed E-state index contributed by atoms with van der Waals surface area (Å²) in [6.45, 7) is 2.26. The Morgan fingerprint density at radius 2 is 1.80 bits per heavy atom. The molecule has 0 saturated carbocycles. The number of fused-ring (bicyclic) bond motifs is 1. The Kier molecular flexibility index (Phi) is 11.5. The SMILES string of the molecule is CN=C(NCCCCSC)NCCOc1cccc2ccccc12.I. The summed E-state index contributed by atoms with van der Waals surface area (Å²) in [6.07, 6.45) is 4.53. The molecule has 0 aliphatic carbocycles. The van der Waals surface area contributed by atoms with E-state index in [4.69, 9.17) is 4.74 Å². The molecule has 0 unspecified atom stereocenters. The maximum atomic E-state index is 5.92. The van der Waals surface area contributed by atoms with E-state index in [0.717, 1.165) is 30.1 Å². The highest BCUT2D eigenvalue weighted by Gasteiger charge is 2.01. The Hall–Kier alpha value is -1.15. The molecular weight excluding hydrogens is 445 g/mol. The second kappa shape index (κ2) is 13.1. The molecule has 0 radical (unpaired) electrons. The van der Waals surface area contributed by atoms with E-state index in [9.17, 15) is 0 Å². The summed E-state index contributed by atoms with van der Waals surface area (Å²) in [6, 6.07) is 14.4. The van der Waals surface area contributed by atoms with E-state index in [-0.39, 0.29) is 24.0 Å². The molecule has 4 nitrogen and oxygen atoms in total. The zero-order chi connectivity index (χ0) is 17.0. The van der Waals surface area contributed by atoms with Crippen molar-refractivity contribution in [2.45, 2.75) is 12.8 Å². The number of unbranched alkanes of at least 4 members (excludes halogenated alkanes) is 1. The second-order valence-corrected chi connectivity index (χ2v) is 6.44. The highest BCUT2D eigenvalue weighted by atomic mass is 127. The van der Waals surface area contributed by atoms with Gasteiger partial charge in [-0.2, -0.15) is 11.8 Å². The van der Waals surface area contributed by atoms with Gasteiger partial charge in [-0.15, -0.1) is 24.0 Å². The van der Waals surface area contributed by atoms with Crippen molar-refractivity contribution >= 4 is 52.5 Å². The van der Waals surface area contributed by atoms with E-state index in [2.05, 4.69) is 40.1 Å². The van der Waals surface area contributed by atoms with Crippen molar-refractivity contribution in [2.24, 2.45) is 4.99 Å². The molecule has 0 fully saturated rings. The van der Waals surface area contributed by atoms with Gasteiger partial charge < -0.3 is 15.4 Å². The molecule has 0 amide bonds. The average Bonchev–Trinajstić information content (AvgIpc) is 2.63. The maximum Gasteiger partial charge on any atom is 0.191 e. The minimum atomic E-state index is 0. The van der Waals surface area contributed by atoms with E-state index in [1.54, 1.807) is 7.05 Å². The average molecular weight is 473 g/mol. The highest BCUT2D eigenvalue weighted by molar-refractivity contribution is 14.0. The molecule has 0 aliphatic heterocycles. The van der Waals surface area contributed by atoms with Crippen LogP contribution in [0.25, 0.3) is 10.8 Å². The minimum Gasteiger partial charge on any atom is -0.491 e. The monoisotopic (exact) mass is 473 g/mol. The van der Waals surface area contributed by atoms with Gasteiger partial charge in [0.25, 0.3) is 0 Å². The lowest BCUT2D eigenvalue weighted by molar-refractivity contribution is 0.325. The number of thioether (sulfide) groups is 1. The van der Waals surface area contributed by atoms with Crippen LogP contribution in [0.1, 0.15) is 12.8 Å². The fraction of sp³-hybridized carbons (Fsp3) is 0.421. The van der Waals surface area contributed by atoms with Crippen LogP contribution in [0, 0.1) is 0 Å².